The van der Waals surface area contributed by atoms with Crippen LogP contribution in [0.2, 0.25) is 0 Å². The molecule has 0 saturated heterocycles. The molecule has 0 aromatic rings. The topological polar surface area (TPSA) is 43.4 Å². The summed E-state index contributed by atoms with van der Waals surface area (Å²) in [5.74, 6) is 1.06. The van der Waals surface area contributed by atoms with E-state index >= 15 is 0 Å². The van der Waals surface area contributed by atoms with Crippen molar-refractivity contribution in [2.24, 2.45) is 22.7 Å². The van der Waals surface area contributed by atoms with Gasteiger partial charge in [0.05, 0.1) is 13.5 Å². The van der Waals surface area contributed by atoms with Gasteiger partial charge in [-0.3, -0.25) is 9.59 Å². The molecule has 4 atom stereocenters. The van der Waals surface area contributed by atoms with Crippen molar-refractivity contribution in [3.8, 4) is 0 Å². The Morgan fingerprint density at radius 3 is 2.68 bits per heavy atom. The average Bonchev–Trinajstić information content (AvgIpc) is 2.37. The molecular weight excluding hydrogens is 240 g/mol. The summed E-state index contributed by atoms with van der Waals surface area (Å²) in [7, 11) is 1.45. The van der Waals surface area contributed by atoms with Gasteiger partial charge in [0.15, 0.2) is 0 Å². The maximum Gasteiger partial charge on any atom is 0.306 e. The number of hydrogen-bond acceptors (Lipinski definition) is 3. The number of esters is 1. The van der Waals surface area contributed by atoms with Gasteiger partial charge in [0.1, 0.15) is 5.78 Å². The van der Waals surface area contributed by atoms with Gasteiger partial charge >= 0.3 is 5.97 Å². The van der Waals surface area contributed by atoms with Crippen LogP contribution in [0.4, 0.5) is 0 Å². The highest BCUT2D eigenvalue weighted by Gasteiger charge is 2.56. The average molecular weight is 266 g/mol. The van der Waals surface area contributed by atoms with E-state index < -0.39 is 0 Å². The molecule has 0 aromatic heterocycles. The molecule has 0 unspecified atom stereocenters. The highest BCUT2D eigenvalue weighted by Crippen LogP contribution is 2.59. The quantitative estimate of drug-likeness (QED) is 0.720. The first kappa shape index (κ1) is 14.5. The number of carbonyl (C=O) groups is 2. The van der Waals surface area contributed by atoms with E-state index in [-0.39, 0.29) is 16.8 Å². The molecule has 0 radical (unpaired) electrons. The first-order valence-corrected chi connectivity index (χ1v) is 7.44. The zero-order valence-corrected chi connectivity index (χ0v) is 12.6. The fourth-order valence-electron chi connectivity index (χ4n) is 4.51. The van der Waals surface area contributed by atoms with Crippen LogP contribution in [0.15, 0.2) is 0 Å². The SMILES string of the molecule is COC(=O)C[C@]1(C)[C@@H](C)CC[C@]2(C)C(=O)CCC[C@@H]12. The Balaban J connectivity index is 2.34. The number of hydrogen-bond donors (Lipinski definition) is 0. The van der Waals surface area contributed by atoms with E-state index in [0.717, 1.165) is 32.1 Å². The van der Waals surface area contributed by atoms with Gasteiger partial charge in [-0.15, -0.1) is 0 Å². The fraction of sp³-hybridized carbons (Fsp3) is 0.875. The van der Waals surface area contributed by atoms with Crippen molar-refractivity contribution in [1.29, 1.82) is 0 Å². The van der Waals surface area contributed by atoms with Crippen LogP contribution in [0, 0.1) is 22.7 Å². The maximum absolute atomic E-state index is 12.4. The smallest absolute Gasteiger partial charge is 0.306 e. The normalized spacial score (nSPS) is 42.6. The predicted molar refractivity (Wildman–Crippen MR) is 73.6 cm³/mol. The molecule has 0 bridgehead atoms. The molecule has 3 nitrogen and oxygen atoms in total. The van der Waals surface area contributed by atoms with E-state index in [2.05, 4.69) is 20.8 Å². The van der Waals surface area contributed by atoms with Gasteiger partial charge in [0, 0.05) is 11.8 Å². The second kappa shape index (κ2) is 4.92. The van der Waals surface area contributed by atoms with Gasteiger partial charge in [-0.05, 0) is 42.9 Å². The molecule has 2 fully saturated rings. The number of ether oxygens (including phenoxy) is 1. The molecule has 19 heavy (non-hydrogen) atoms. The monoisotopic (exact) mass is 266 g/mol. The van der Waals surface area contributed by atoms with E-state index in [0.29, 0.717) is 24.0 Å². The third kappa shape index (κ3) is 2.21. The molecule has 2 aliphatic carbocycles. The number of ketones is 1. The zero-order chi connectivity index (χ0) is 14.3. The first-order valence-electron chi connectivity index (χ1n) is 7.44. The highest BCUT2D eigenvalue weighted by atomic mass is 16.5. The summed E-state index contributed by atoms with van der Waals surface area (Å²) in [6.07, 6.45) is 5.22. The molecule has 0 spiro atoms. The molecule has 0 heterocycles. The number of fused-ring (bicyclic) bond motifs is 1. The largest absolute Gasteiger partial charge is 0.469 e. The molecule has 0 amide bonds. The molecule has 0 N–H and O–H groups in total. The van der Waals surface area contributed by atoms with Gasteiger partial charge in [-0.25, -0.2) is 0 Å². The van der Waals surface area contributed by atoms with Crippen molar-refractivity contribution in [3.63, 3.8) is 0 Å². The van der Waals surface area contributed by atoms with Crippen LogP contribution in [-0.2, 0) is 14.3 Å². The lowest BCUT2D eigenvalue weighted by Crippen LogP contribution is -2.54. The van der Waals surface area contributed by atoms with Crippen molar-refractivity contribution in [2.75, 3.05) is 7.11 Å². The molecule has 2 rings (SSSR count). The Morgan fingerprint density at radius 1 is 1.37 bits per heavy atom. The second-order valence-electron chi connectivity index (χ2n) is 6.98. The van der Waals surface area contributed by atoms with E-state index in [1.165, 1.54) is 7.11 Å². The van der Waals surface area contributed by atoms with Crippen molar-refractivity contribution < 1.29 is 14.3 Å². The van der Waals surface area contributed by atoms with Crippen molar-refractivity contribution in [3.05, 3.63) is 0 Å². The lowest BCUT2D eigenvalue weighted by atomic mass is 9.47. The minimum absolute atomic E-state index is 0.101. The van der Waals surface area contributed by atoms with Crippen LogP contribution in [0.5, 0.6) is 0 Å². The second-order valence-corrected chi connectivity index (χ2v) is 6.98. The zero-order valence-electron chi connectivity index (χ0n) is 12.6. The van der Waals surface area contributed by atoms with E-state index in [9.17, 15) is 9.59 Å². The maximum atomic E-state index is 12.4. The third-order valence-electron chi connectivity index (χ3n) is 6.07. The number of methoxy groups -OCH3 is 1. The molecule has 2 aliphatic rings. The Bertz CT molecular complexity index is 389. The highest BCUT2D eigenvalue weighted by molar-refractivity contribution is 5.86. The molecule has 0 aromatic carbocycles. The van der Waals surface area contributed by atoms with Gasteiger partial charge in [-0.1, -0.05) is 20.8 Å². The Morgan fingerprint density at radius 2 is 2.05 bits per heavy atom. The number of rotatable bonds is 2. The van der Waals surface area contributed by atoms with Gasteiger partial charge in [0.2, 0.25) is 0 Å². The fourth-order valence-corrected chi connectivity index (χ4v) is 4.51. The summed E-state index contributed by atoms with van der Waals surface area (Å²) < 4.78 is 4.88. The van der Waals surface area contributed by atoms with Crippen molar-refractivity contribution in [1.82, 2.24) is 0 Å². The summed E-state index contributed by atoms with van der Waals surface area (Å²) in [6, 6.07) is 0. The summed E-state index contributed by atoms with van der Waals surface area (Å²) in [4.78, 5) is 24.2. The van der Waals surface area contributed by atoms with E-state index in [4.69, 9.17) is 4.74 Å². The number of Topliss-reactive ketones (excluding diaryl/α,β-unsaturated/α-hetero) is 1. The van der Waals surface area contributed by atoms with Crippen molar-refractivity contribution in [2.45, 2.75) is 59.3 Å². The van der Waals surface area contributed by atoms with E-state index in [1.54, 1.807) is 0 Å². The third-order valence-corrected chi connectivity index (χ3v) is 6.07. The Labute approximate surface area is 116 Å². The van der Waals surface area contributed by atoms with Crippen molar-refractivity contribution >= 4 is 11.8 Å². The summed E-state index contributed by atoms with van der Waals surface area (Å²) in [6.45, 7) is 6.54. The lowest BCUT2D eigenvalue weighted by molar-refractivity contribution is -0.159. The first-order chi connectivity index (χ1) is 8.84. The molecule has 2 saturated carbocycles. The van der Waals surface area contributed by atoms with Gasteiger partial charge in [-0.2, -0.15) is 0 Å². The summed E-state index contributed by atoms with van der Waals surface area (Å²) >= 11 is 0. The van der Waals surface area contributed by atoms with Gasteiger partial charge in [0.25, 0.3) is 0 Å². The van der Waals surface area contributed by atoms with Crippen LogP contribution < -0.4 is 0 Å². The molecular formula is C16H26O3. The minimum atomic E-state index is -0.215. The predicted octanol–water partition coefficient (Wildman–Crippen LogP) is 3.36. The summed E-state index contributed by atoms with van der Waals surface area (Å²) in [5.41, 5.74) is -0.316. The van der Waals surface area contributed by atoms with Crippen LogP contribution in [-0.4, -0.2) is 18.9 Å². The molecule has 3 heteroatoms. The molecule has 0 aliphatic heterocycles. The van der Waals surface area contributed by atoms with Crippen LogP contribution in [0.3, 0.4) is 0 Å². The van der Waals surface area contributed by atoms with Crippen LogP contribution >= 0.6 is 0 Å². The van der Waals surface area contributed by atoms with E-state index in [1.807, 2.05) is 0 Å². The standard InChI is InChI=1S/C16H26O3/c1-11-8-9-15(2)12(6-5-7-13(15)17)16(11,3)10-14(18)19-4/h11-12H,5-10H2,1-4H3/t11-,12+,15-,16+/m0/s1. The lowest BCUT2D eigenvalue weighted by Gasteiger charge is -2.56. The molecule has 108 valence electrons. The van der Waals surface area contributed by atoms with Crippen LogP contribution in [0.25, 0.3) is 0 Å². The summed E-state index contributed by atoms with van der Waals surface area (Å²) in [5, 5.41) is 0. The minimum Gasteiger partial charge on any atom is -0.469 e. The number of carbonyl (C=O) groups excluding carboxylic acids is 2. The Kier molecular flexibility index (Phi) is 3.76. The Hall–Kier alpha value is -0.860. The van der Waals surface area contributed by atoms with Crippen LogP contribution in [0.1, 0.15) is 59.3 Å². The van der Waals surface area contributed by atoms with Gasteiger partial charge < -0.3 is 4.74 Å².